The Labute approximate surface area is 128 Å². The zero-order valence-corrected chi connectivity index (χ0v) is 11.6. The van der Waals surface area contributed by atoms with E-state index in [-0.39, 0.29) is 18.4 Å². The van der Waals surface area contributed by atoms with Gasteiger partial charge >= 0.3 is 0 Å². The number of benzene rings is 1. The molecule has 0 aromatic heterocycles. The molecule has 10 heteroatoms. The van der Waals surface area contributed by atoms with Gasteiger partial charge in [-0.2, -0.15) is 4.39 Å². The summed E-state index contributed by atoms with van der Waals surface area (Å²) in [7, 11) is 0. The van der Waals surface area contributed by atoms with E-state index in [1.807, 2.05) is 5.32 Å². The van der Waals surface area contributed by atoms with Crippen LogP contribution < -0.4 is 11.1 Å². The first-order chi connectivity index (χ1) is 10.7. The quantitative estimate of drug-likeness (QED) is 0.190. The van der Waals surface area contributed by atoms with Gasteiger partial charge in [0.25, 0.3) is 11.8 Å². The molecule has 3 rings (SSSR count). The van der Waals surface area contributed by atoms with Crippen LogP contribution in [0.4, 0.5) is 10.1 Å². The van der Waals surface area contributed by atoms with Crippen LogP contribution in [0.15, 0.2) is 0 Å². The number of aliphatic hydroxyl groups is 1. The molecule has 2 heterocycles. The molecule has 1 aromatic carbocycles. The molecule has 23 heavy (non-hydrogen) atoms. The van der Waals surface area contributed by atoms with Crippen LogP contribution in [0.25, 0.3) is 0 Å². The second-order valence-corrected chi connectivity index (χ2v) is 5.36. The minimum Gasteiger partial charge on any atom is -0.504 e. The molecule has 9 nitrogen and oxygen atoms in total. The number of nitrogen functional groups attached to an aromatic ring is 1. The lowest BCUT2D eigenvalue weighted by atomic mass is 10.00. The summed E-state index contributed by atoms with van der Waals surface area (Å²) in [5, 5.41) is 31.6. The molecular weight excluding hydrogens is 313 g/mol. The summed E-state index contributed by atoms with van der Waals surface area (Å²) in [5.41, 5.74) is 2.09. The molecule has 2 aliphatic rings. The van der Waals surface area contributed by atoms with Crippen LogP contribution in [0.3, 0.4) is 0 Å². The van der Waals surface area contributed by atoms with Crippen molar-refractivity contribution in [2.24, 2.45) is 0 Å². The number of phenols is 2. The van der Waals surface area contributed by atoms with Crippen molar-refractivity contribution in [3.05, 3.63) is 16.9 Å². The number of rotatable bonds is 1. The number of imide groups is 1. The van der Waals surface area contributed by atoms with Gasteiger partial charge in [-0.15, -0.1) is 0 Å². The summed E-state index contributed by atoms with van der Waals surface area (Å²) >= 11 is 0. The first-order valence-corrected chi connectivity index (χ1v) is 6.58. The number of fused-ring (bicyclic) bond motifs is 1. The maximum absolute atomic E-state index is 13.7. The molecule has 0 bridgehead atoms. The topological polar surface area (TPSA) is 153 Å². The zero-order chi connectivity index (χ0) is 17.1. The molecule has 122 valence electrons. The molecule has 0 radical (unpaired) electrons. The Bertz CT molecular complexity index is 780. The minimum absolute atomic E-state index is 0.107. The second-order valence-electron chi connectivity index (χ2n) is 5.36. The van der Waals surface area contributed by atoms with Crippen LogP contribution >= 0.6 is 0 Å². The number of nitrogens with one attached hydrogen (secondary N) is 1. The third-order valence-corrected chi connectivity index (χ3v) is 4.07. The Hall–Kier alpha value is -2.88. The summed E-state index contributed by atoms with van der Waals surface area (Å²) in [4.78, 5) is 36.2. The lowest BCUT2D eigenvalue weighted by Crippen LogP contribution is -2.63. The molecular formula is C13H12FN3O6. The SMILES string of the molecule is Nc1c(O)c(F)c(O)c2c1CN(C1(O)CCC(=O)NC1=O)C2=O. The van der Waals surface area contributed by atoms with Crippen molar-refractivity contribution in [1.29, 1.82) is 0 Å². The number of piperidine rings is 1. The number of aromatic hydroxyl groups is 2. The molecule has 1 atom stereocenters. The Morgan fingerprint density at radius 1 is 1.22 bits per heavy atom. The van der Waals surface area contributed by atoms with Crippen molar-refractivity contribution in [2.75, 3.05) is 5.73 Å². The highest BCUT2D eigenvalue weighted by Gasteiger charge is 2.52. The zero-order valence-electron chi connectivity index (χ0n) is 11.6. The van der Waals surface area contributed by atoms with Crippen LogP contribution in [0.1, 0.15) is 28.8 Å². The average Bonchev–Trinajstić information content (AvgIpc) is 2.85. The third-order valence-electron chi connectivity index (χ3n) is 4.07. The van der Waals surface area contributed by atoms with E-state index in [0.29, 0.717) is 4.90 Å². The van der Waals surface area contributed by atoms with Gasteiger partial charge in [0.2, 0.25) is 17.4 Å². The number of anilines is 1. The van der Waals surface area contributed by atoms with Gasteiger partial charge in [0, 0.05) is 18.4 Å². The van der Waals surface area contributed by atoms with Crippen molar-refractivity contribution >= 4 is 23.4 Å². The lowest BCUT2D eigenvalue weighted by molar-refractivity contribution is -0.167. The van der Waals surface area contributed by atoms with Gasteiger partial charge in [-0.25, -0.2) is 0 Å². The number of hydrogen-bond donors (Lipinski definition) is 5. The number of amides is 3. The van der Waals surface area contributed by atoms with Crippen LogP contribution in [-0.2, 0) is 16.1 Å². The van der Waals surface area contributed by atoms with Gasteiger partial charge in [0.05, 0.1) is 17.8 Å². The highest BCUT2D eigenvalue weighted by molar-refractivity contribution is 6.08. The van der Waals surface area contributed by atoms with Crippen LogP contribution in [-0.4, -0.2) is 43.7 Å². The van der Waals surface area contributed by atoms with E-state index >= 15 is 0 Å². The molecule has 2 aliphatic heterocycles. The monoisotopic (exact) mass is 325 g/mol. The second kappa shape index (κ2) is 4.56. The minimum atomic E-state index is -2.34. The van der Waals surface area contributed by atoms with Crippen LogP contribution in [0, 0.1) is 5.82 Å². The van der Waals surface area contributed by atoms with E-state index in [1.165, 1.54) is 0 Å². The predicted molar refractivity (Wildman–Crippen MR) is 71.3 cm³/mol. The van der Waals surface area contributed by atoms with Gasteiger partial charge in [-0.05, 0) is 0 Å². The Kier molecular flexibility index (Phi) is 2.98. The van der Waals surface area contributed by atoms with Crippen molar-refractivity contribution < 1.29 is 34.1 Å². The summed E-state index contributed by atoms with van der Waals surface area (Å²) in [6.07, 6.45) is -0.560. The number of halogens is 1. The lowest BCUT2D eigenvalue weighted by Gasteiger charge is -2.37. The number of carbonyl (C=O) groups is 3. The number of carbonyl (C=O) groups excluding carboxylic acids is 3. The van der Waals surface area contributed by atoms with Crippen molar-refractivity contribution in [3.63, 3.8) is 0 Å². The summed E-state index contributed by atoms with van der Waals surface area (Å²) in [6.45, 7) is -0.431. The maximum atomic E-state index is 13.7. The highest BCUT2D eigenvalue weighted by atomic mass is 19.1. The number of phenolic OH excluding ortho intramolecular Hbond substituents is 2. The predicted octanol–water partition coefficient (Wildman–Crippen LogP) is -1.10. The van der Waals surface area contributed by atoms with Crippen LogP contribution in [0.5, 0.6) is 11.5 Å². The first kappa shape index (κ1) is 15.0. The van der Waals surface area contributed by atoms with E-state index in [2.05, 4.69) is 0 Å². The third kappa shape index (κ3) is 1.84. The van der Waals surface area contributed by atoms with E-state index in [9.17, 15) is 34.1 Å². The highest BCUT2D eigenvalue weighted by Crippen LogP contribution is 2.44. The molecule has 1 unspecified atom stereocenters. The molecule has 0 saturated carbocycles. The maximum Gasteiger partial charge on any atom is 0.279 e. The fourth-order valence-electron chi connectivity index (χ4n) is 2.77. The Balaban J connectivity index is 2.08. The smallest absolute Gasteiger partial charge is 0.279 e. The molecule has 3 amide bonds. The molecule has 1 fully saturated rings. The summed E-state index contributed by atoms with van der Waals surface area (Å²) in [5.74, 6) is -6.34. The van der Waals surface area contributed by atoms with Gasteiger partial charge in [-0.3, -0.25) is 24.6 Å². The standard InChI is InChI=1S/C13H12FN3O6/c14-7-9(19)6-4(8(15)10(7)20)3-17(11(6)21)13(23)2-1-5(18)16-12(13)22/h19-20,23H,1-3,15H2,(H,16,18,22). The van der Waals surface area contributed by atoms with Gasteiger partial charge in [0.1, 0.15) is 0 Å². The molecule has 0 spiro atoms. The van der Waals surface area contributed by atoms with Crippen molar-refractivity contribution in [3.8, 4) is 11.5 Å². The number of nitrogens with zero attached hydrogens (tertiary/aromatic N) is 1. The molecule has 0 aliphatic carbocycles. The molecule has 1 aromatic rings. The summed E-state index contributed by atoms with van der Waals surface area (Å²) in [6, 6.07) is 0. The Morgan fingerprint density at radius 3 is 2.48 bits per heavy atom. The first-order valence-electron chi connectivity index (χ1n) is 6.58. The number of nitrogens with two attached hydrogens (primary N) is 1. The normalized spacial score (nSPS) is 23.9. The largest absolute Gasteiger partial charge is 0.504 e. The van der Waals surface area contributed by atoms with Crippen molar-refractivity contribution in [2.45, 2.75) is 25.1 Å². The van der Waals surface area contributed by atoms with Gasteiger partial charge in [-0.1, -0.05) is 0 Å². The van der Waals surface area contributed by atoms with Crippen molar-refractivity contribution in [1.82, 2.24) is 10.2 Å². The molecule has 1 saturated heterocycles. The fraction of sp³-hybridized carbons (Fsp3) is 0.308. The van der Waals surface area contributed by atoms with E-state index in [4.69, 9.17) is 5.73 Å². The molecule has 6 N–H and O–H groups in total. The summed E-state index contributed by atoms with van der Waals surface area (Å²) < 4.78 is 13.7. The average molecular weight is 325 g/mol. The van der Waals surface area contributed by atoms with Gasteiger partial charge < -0.3 is 21.1 Å². The fourth-order valence-corrected chi connectivity index (χ4v) is 2.77. The van der Waals surface area contributed by atoms with E-state index < -0.39 is 58.6 Å². The van der Waals surface area contributed by atoms with Crippen LogP contribution in [0.2, 0.25) is 0 Å². The van der Waals surface area contributed by atoms with E-state index in [1.54, 1.807) is 0 Å². The Morgan fingerprint density at radius 2 is 1.87 bits per heavy atom. The number of hydrogen-bond acceptors (Lipinski definition) is 7. The van der Waals surface area contributed by atoms with E-state index in [0.717, 1.165) is 0 Å². The van der Waals surface area contributed by atoms with Gasteiger partial charge in [0.15, 0.2) is 11.5 Å².